The van der Waals surface area contributed by atoms with Crippen LogP contribution in [-0.4, -0.2) is 38.3 Å². The van der Waals surface area contributed by atoms with Crippen molar-refractivity contribution < 1.29 is 9.90 Å². The molecule has 90 valence electrons. The molecule has 0 saturated heterocycles. The first-order valence-electron chi connectivity index (χ1n) is 5.42. The number of fused-ring (bicyclic) bond motifs is 1. The van der Waals surface area contributed by atoms with E-state index >= 15 is 0 Å². The lowest BCUT2D eigenvalue weighted by atomic mass is 10.2. The fourth-order valence-corrected chi connectivity index (χ4v) is 1.46. The summed E-state index contributed by atoms with van der Waals surface area (Å²) in [6.45, 7) is 2.14. The summed E-state index contributed by atoms with van der Waals surface area (Å²) in [5.74, 6) is -0.166. The summed E-state index contributed by atoms with van der Waals surface area (Å²) in [6.07, 6.45) is 3.35. The van der Waals surface area contributed by atoms with Crippen LogP contribution in [0.1, 0.15) is 23.7 Å². The molecule has 0 fully saturated rings. The van der Waals surface area contributed by atoms with Crippen molar-refractivity contribution in [2.75, 3.05) is 6.54 Å². The van der Waals surface area contributed by atoms with Crippen LogP contribution in [0, 0.1) is 0 Å². The van der Waals surface area contributed by atoms with Crippen LogP contribution in [0.4, 0.5) is 0 Å². The highest BCUT2D eigenvalue weighted by Crippen LogP contribution is 2.03. The van der Waals surface area contributed by atoms with Gasteiger partial charge in [0.2, 0.25) is 0 Å². The Morgan fingerprint density at radius 1 is 1.59 bits per heavy atom. The summed E-state index contributed by atoms with van der Waals surface area (Å²) < 4.78 is 1.68. The van der Waals surface area contributed by atoms with E-state index in [2.05, 4.69) is 15.5 Å². The zero-order chi connectivity index (χ0) is 12.3. The minimum Gasteiger partial charge on any atom is -0.393 e. The quantitative estimate of drug-likeness (QED) is 0.793. The lowest BCUT2D eigenvalue weighted by molar-refractivity contribution is 0.0945. The molecule has 0 radical (unpaired) electrons. The zero-order valence-electron chi connectivity index (χ0n) is 9.50. The van der Waals surface area contributed by atoms with Gasteiger partial charge in [0.05, 0.1) is 11.7 Å². The smallest absolute Gasteiger partial charge is 0.252 e. The van der Waals surface area contributed by atoms with Crippen molar-refractivity contribution in [3.05, 3.63) is 30.2 Å². The third kappa shape index (κ3) is 2.79. The van der Waals surface area contributed by atoms with Gasteiger partial charge >= 0.3 is 0 Å². The average Bonchev–Trinajstić information content (AvgIpc) is 2.75. The van der Waals surface area contributed by atoms with Gasteiger partial charge in [0.15, 0.2) is 5.65 Å². The molecule has 6 nitrogen and oxygen atoms in total. The number of aromatic nitrogens is 3. The minimum atomic E-state index is -0.407. The van der Waals surface area contributed by atoms with Crippen molar-refractivity contribution >= 4 is 11.6 Å². The van der Waals surface area contributed by atoms with Crippen molar-refractivity contribution in [2.45, 2.75) is 19.4 Å². The molecule has 2 aromatic rings. The van der Waals surface area contributed by atoms with Crippen molar-refractivity contribution in [1.29, 1.82) is 0 Å². The third-order valence-electron chi connectivity index (χ3n) is 2.40. The molecule has 0 bridgehead atoms. The monoisotopic (exact) mass is 234 g/mol. The number of carbonyl (C=O) groups excluding carboxylic acids is 1. The molecule has 1 unspecified atom stereocenters. The number of aliphatic hydroxyl groups is 1. The number of hydrogen-bond acceptors (Lipinski definition) is 4. The first kappa shape index (κ1) is 11.5. The molecule has 2 rings (SSSR count). The van der Waals surface area contributed by atoms with Crippen molar-refractivity contribution in [2.24, 2.45) is 0 Å². The normalized spacial score (nSPS) is 12.6. The molecule has 1 amide bonds. The summed E-state index contributed by atoms with van der Waals surface area (Å²) >= 11 is 0. The van der Waals surface area contributed by atoms with Gasteiger partial charge in [-0.3, -0.25) is 9.20 Å². The highest BCUT2D eigenvalue weighted by Gasteiger charge is 2.06. The maximum atomic E-state index is 11.7. The SMILES string of the molecule is CC(O)CCNC(=O)c1ccc2nncn2c1. The van der Waals surface area contributed by atoms with Gasteiger partial charge in [-0.05, 0) is 25.5 Å². The first-order chi connectivity index (χ1) is 8.16. The van der Waals surface area contributed by atoms with Gasteiger partial charge in [0.25, 0.3) is 5.91 Å². The van der Waals surface area contributed by atoms with Gasteiger partial charge in [-0.1, -0.05) is 0 Å². The van der Waals surface area contributed by atoms with Gasteiger partial charge < -0.3 is 10.4 Å². The number of rotatable bonds is 4. The van der Waals surface area contributed by atoms with Gasteiger partial charge in [-0.2, -0.15) is 0 Å². The van der Waals surface area contributed by atoms with Crippen LogP contribution < -0.4 is 5.32 Å². The largest absolute Gasteiger partial charge is 0.393 e. The summed E-state index contributed by atoms with van der Waals surface area (Å²) in [6, 6.07) is 3.43. The maximum absolute atomic E-state index is 11.7. The topological polar surface area (TPSA) is 79.5 Å². The second kappa shape index (κ2) is 4.92. The average molecular weight is 234 g/mol. The van der Waals surface area contributed by atoms with E-state index in [9.17, 15) is 4.79 Å². The molecule has 2 heterocycles. The standard InChI is InChI=1S/C11H14N4O2/c1-8(16)4-5-12-11(17)9-2-3-10-14-13-7-15(10)6-9/h2-3,6-8,16H,4-5H2,1H3,(H,12,17). The van der Waals surface area contributed by atoms with E-state index in [0.717, 1.165) is 0 Å². The number of amides is 1. The fraction of sp³-hybridized carbons (Fsp3) is 0.364. The Hall–Kier alpha value is -1.95. The molecule has 0 saturated carbocycles. The van der Waals surface area contributed by atoms with Crippen molar-refractivity contribution in [1.82, 2.24) is 19.9 Å². The Balaban J connectivity index is 2.03. The predicted molar refractivity (Wildman–Crippen MR) is 61.6 cm³/mol. The summed E-state index contributed by atoms with van der Waals surface area (Å²) in [5.41, 5.74) is 1.24. The van der Waals surface area contributed by atoms with E-state index < -0.39 is 6.10 Å². The summed E-state index contributed by atoms with van der Waals surface area (Å²) in [5, 5.41) is 19.4. The Bertz CT molecular complexity index is 521. The fourth-order valence-electron chi connectivity index (χ4n) is 1.46. The number of nitrogens with zero attached hydrogens (tertiary/aromatic N) is 3. The van der Waals surface area contributed by atoms with Gasteiger partial charge in [-0.15, -0.1) is 10.2 Å². The number of carbonyl (C=O) groups is 1. The van der Waals surface area contributed by atoms with Crippen LogP contribution in [0.25, 0.3) is 5.65 Å². The second-order valence-electron chi connectivity index (χ2n) is 3.91. The van der Waals surface area contributed by atoms with Gasteiger partial charge in [0, 0.05) is 12.7 Å². The minimum absolute atomic E-state index is 0.166. The van der Waals surface area contributed by atoms with E-state index in [0.29, 0.717) is 24.2 Å². The van der Waals surface area contributed by atoms with Gasteiger partial charge in [0.1, 0.15) is 6.33 Å². The Labute approximate surface area is 98.3 Å². The van der Waals surface area contributed by atoms with Crippen molar-refractivity contribution in [3.63, 3.8) is 0 Å². The van der Waals surface area contributed by atoms with Crippen LogP contribution in [0.2, 0.25) is 0 Å². The van der Waals surface area contributed by atoms with E-state index in [1.807, 2.05) is 0 Å². The number of aliphatic hydroxyl groups excluding tert-OH is 1. The number of hydrogen-bond donors (Lipinski definition) is 2. The first-order valence-corrected chi connectivity index (χ1v) is 5.42. The molecule has 0 spiro atoms. The predicted octanol–water partition coefficient (Wildman–Crippen LogP) is 0.230. The van der Waals surface area contributed by atoms with Crippen LogP contribution in [0.5, 0.6) is 0 Å². The highest BCUT2D eigenvalue weighted by atomic mass is 16.3. The second-order valence-corrected chi connectivity index (χ2v) is 3.91. The number of nitrogens with one attached hydrogen (secondary N) is 1. The molecule has 1 atom stereocenters. The summed E-state index contributed by atoms with van der Waals surface area (Å²) in [7, 11) is 0. The van der Waals surface area contributed by atoms with E-state index in [1.165, 1.54) is 0 Å². The molecule has 0 aliphatic heterocycles. The van der Waals surface area contributed by atoms with Crippen LogP contribution in [-0.2, 0) is 0 Å². The van der Waals surface area contributed by atoms with E-state index in [4.69, 9.17) is 5.11 Å². The summed E-state index contributed by atoms with van der Waals surface area (Å²) in [4.78, 5) is 11.7. The molecule has 17 heavy (non-hydrogen) atoms. The van der Waals surface area contributed by atoms with Crippen molar-refractivity contribution in [3.8, 4) is 0 Å². The lowest BCUT2D eigenvalue weighted by Gasteiger charge is -2.06. The maximum Gasteiger partial charge on any atom is 0.252 e. The Kier molecular flexibility index (Phi) is 3.34. The Morgan fingerprint density at radius 2 is 2.41 bits per heavy atom. The Morgan fingerprint density at radius 3 is 3.18 bits per heavy atom. The van der Waals surface area contributed by atoms with Crippen LogP contribution >= 0.6 is 0 Å². The molecule has 0 aliphatic carbocycles. The molecule has 0 aromatic carbocycles. The molecule has 6 heteroatoms. The molecule has 2 N–H and O–H groups in total. The number of pyridine rings is 1. The zero-order valence-corrected chi connectivity index (χ0v) is 9.50. The molecular formula is C11H14N4O2. The molecule has 2 aromatic heterocycles. The molecular weight excluding hydrogens is 220 g/mol. The molecule has 0 aliphatic rings. The lowest BCUT2D eigenvalue weighted by Crippen LogP contribution is -2.26. The third-order valence-corrected chi connectivity index (χ3v) is 2.40. The van der Waals surface area contributed by atoms with Gasteiger partial charge in [-0.25, -0.2) is 0 Å². The van der Waals surface area contributed by atoms with Crippen LogP contribution in [0.3, 0.4) is 0 Å². The van der Waals surface area contributed by atoms with Crippen LogP contribution in [0.15, 0.2) is 24.7 Å². The highest BCUT2D eigenvalue weighted by molar-refractivity contribution is 5.94. The van der Waals surface area contributed by atoms with E-state index in [1.54, 1.807) is 36.0 Å². The van der Waals surface area contributed by atoms with E-state index in [-0.39, 0.29) is 5.91 Å².